The number of nitrogens with one attached hydrogen (secondary N) is 1. The smallest absolute Gasteiger partial charge is 0.0153 e. The topological polar surface area (TPSA) is 15.3 Å². The van der Waals surface area contributed by atoms with Gasteiger partial charge in [0.15, 0.2) is 0 Å². The predicted molar refractivity (Wildman–Crippen MR) is 83.5 cm³/mol. The van der Waals surface area contributed by atoms with Crippen molar-refractivity contribution in [2.75, 3.05) is 19.6 Å². The van der Waals surface area contributed by atoms with E-state index in [0.717, 1.165) is 12.0 Å². The first-order valence-electron chi connectivity index (χ1n) is 8.62. The number of likely N-dealkylation sites (tertiary alicyclic amines) is 1. The van der Waals surface area contributed by atoms with Crippen LogP contribution in [0, 0.1) is 5.92 Å². The van der Waals surface area contributed by atoms with E-state index >= 15 is 0 Å². The number of rotatable bonds is 5. The summed E-state index contributed by atoms with van der Waals surface area (Å²) < 4.78 is 0. The van der Waals surface area contributed by atoms with Crippen LogP contribution in [0.3, 0.4) is 0 Å². The van der Waals surface area contributed by atoms with Gasteiger partial charge in [-0.3, -0.25) is 4.90 Å². The fourth-order valence-electron chi connectivity index (χ4n) is 3.99. The van der Waals surface area contributed by atoms with Crippen molar-refractivity contribution in [3.05, 3.63) is 0 Å². The first kappa shape index (κ1) is 15.3. The summed E-state index contributed by atoms with van der Waals surface area (Å²) in [5, 5.41) is 3.84. The van der Waals surface area contributed by atoms with E-state index in [1.54, 1.807) is 0 Å². The number of hydrogen-bond donors (Lipinski definition) is 1. The van der Waals surface area contributed by atoms with Crippen LogP contribution >= 0.6 is 0 Å². The van der Waals surface area contributed by atoms with E-state index < -0.39 is 0 Å². The van der Waals surface area contributed by atoms with Crippen molar-refractivity contribution < 1.29 is 0 Å². The first-order valence-corrected chi connectivity index (χ1v) is 8.62. The lowest BCUT2D eigenvalue weighted by Gasteiger charge is -2.37. The summed E-state index contributed by atoms with van der Waals surface area (Å²) >= 11 is 0. The van der Waals surface area contributed by atoms with Crippen molar-refractivity contribution in [2.45, 2.75) is 83.7 Å². The SMILES string of the molecule is CCCNC1CCCCCC1CN1CCCC1(C)C. The molecule has 1 saturated heterocycles. The molecule has 2 nitrogen and oxygen atoms in total. The fraction of sp³-hybridized carbons (Fsp3) is 1.00. The van der Waals surface area contributed by atoms with Crippen molar-refractivity contribution in [1.29, 1.82) is 0 Å². The summed E-state index contributed by atoms with van der Waals surface area (Å²) in [6.07, 6.45) is 11.2. The van der Waals surface area contributed by atoms with Gasteiger partial charge in [0, 0.05) is 18.1 Å². The zero-order valence-corrected chi connectivity index (χ0v) is 13.4. The molecule has 1 aliphatic carbocycles. The Morgan fingerprint density at radius 1 is 1.11 bits per heavy atom. The molecule has 2 atom stereocenters. The van der Waals surface area contributed by atoms with Gasteiger partial charge in [-0.2, -0.15) is 0 Å². The second-order valence-electron chi connectivity index (χ2n) is 7.32. The standard InChI is InChI=1S/C17H34N2/c1-4-12-18-16-10-7-5-6-9-15(16)14-19-13-8-11-17(19,2)3/h15-16,18H,4-14H2,1-3H3. The monoisotopic (exact) mass is 266 g/mol. The average molecular weight is 266 g/mol. The molecule has 1 N–H and O–H groups in total. The molecular weight excluding hydrogens is 232 g/mol. The van der Waals surface area contributed by atoms with Gasteiger partial charge < -0.3 is 5.32 Å². The third-order valence-corrected chi connectivity index (χ3v) is 5.34. The maximum absolute atomic E-state index is 3.84. The van der Waals surface area contributed by atoms with E-state index in [1.807, 2.05) is 0 Å². The maximum Gasteiger partial charge on any atom is 0.0153 e. The molecule has 2 fully saturated rings. The molecule has 2 aliphatic rings. The lowest BCUT2D eigenvalue weighted by Crippen LogP contribution is -2.46. The Labute approximate surface area is 120 Å². The normalized spacial score (nSPS) is 32.4. The largest absolute Gasteiger partial charge is 0.314 e. The highest BCUT2D eigenvalue weighted by molar-refractivity contribution is 4.91. The molecule has 0 aromatic rings. The van der Waals surface area contributed by atoms with E-state index in [9.17, 15) is 0 Å². The Balaban J connectivity index is 1.93. The molecule has 2 heteroatoms. The van der Waals surface area contributed by atoms with Crippen LogP contribution in [-0.2, 0) is 0 Å². The van der Waals surface area contributed by atoms with E-state index in [-0.39, 0.29) is 0 Å². The van der Waals surface area contributed by atoms with Crippen molar-refractivity contribution in [1.82, 2.24) is 10.2 Å². The minimum atomic E-state index is 0.446. The van der Waals surface area contributed by atoms with Crippen LogP contribution in [0.15, 0.2) is 0 Å². The zero-order chi connectivity index (χ0) is 13.7. The molecule has 1 saturated carbocycles. The number of nitrogens with zero attached hydrogens (tertiary/aromatic N) is 1. The fourth-order valence-corrected chi connectivity index (χ4v) is 3.99. The zero-order valence-electron chi connectivity index (χ0n) is 13.4. The molecule has 1 aliphatic heterocycles. The van der Waals surface area contributed by atoms with Crippen molar-refractivity contribution in [3.8, 4) is 0 Å². The molecule has 0 bridgehead atoms. The molecule has 2 rings (SSSR count). The Morgan fingerprint density at radius 3 is 2.58 bits per heavy atom. The van der Waals surface area contributed by atoms with Gasteiger partial charge in [0.05, 0.1) is 0 Å². The van der Waals surface area contributed by atoms with Crippen LogP contribution in [-0.4, -0.2) is 36.1 Å². The quantitative estimate of drug-likeness (QED) is 0.761. The van der Waals surface area contributed by atoms with Gasteiger partial charge in [-0.1, -0.05) is 26.2 Å². The third-order valence-electron chi connectivity index (χ3n) is 5.34. The highest BCUT2D eigenvalue weighted by atomic mass is 15.2. The van der Waals surface area contributed by atoms with Gasteiger partial charge >= 0.3 is 0 Å². The lowest BCUT2D eigenvalue weighted by molar-refractivity contribution is 0.129. The summed E-state index contributed by atoms with van der Waals surface area (Å²) in [4.78, 5) is 2.77. The van der Waals surface area contributed by atoms with Gasteiger partial charge in [-0.25, -0.2) is 0 Å². The van der Waals surface area contributed by atoms with Crippen LogP contribution in [0.2, 0.25) is 0 Å². The summed E-state index contributed by atoms with van der Waals surface area (Å²) in [5.74, 6) is 0.881. The van der Waals surface area contributed by atoms with Gasteiger partial charge in [-0.15, -0.1) is 0 Å². The van der Waals surface area contributed by atoms with Crippen LogP contribution in [0.25, 0.3) is 0 Å². The summed E-state index contributed by atoms with van der Waals surface area (Å²) in [5.41, 5.74) is 0.446. The Kier molecular flexibility index (Phi) is 5.70. The molecule has 0 aromatic heterocycles. The van der Waals surface area contributed by atoms with E-state index in [1.165, 1.54) is 71.0 Å². The predicted octanol–water partition coefficient (Wildman–Crippen LogP) is 3.81. The van der Waals surface area contributed by atoms with Gasteiger partial charge in [0.2, 0.25) is 0 Å². The van der Waals surface area contributed by atoms with Gasteiger partial charge in [0.25, 0.3) is 0 Å². The molecule has 112 valence electrons. The van der Waals surface area contributed by atoms with Crippen molar-refractivity contribution >= 4 is 0 Å². The van der Waals surface area contributed by atoms with Gasteiger partial charge in [-0.05, 0) is 65.0 Å². The Morgan fingerprint density at radius 2 is 1.89 bits per heavy atom. The molecule has 0 amide bonds. The van der Waals surface area contributed by atoms with Crippen LogP contribution in [0.4, 0.5) is 0 Å². The van der Waals surface area contributed by atoms with E-state index in [4.69, 9.17) is 0 Å². The summed E-state index contributed by atoms with van der Waals surface area (Å²) in [6.45, 7) is 11.0. The molecular formula is C17H34N2. The average Bonchev–Trinajstić information content (AvgIpc) is 2.59. The van der Waals surface area contributed by atoms with Gasteiger partial charge in [0.1, 0.15) is 0 Å². The third kappa shape index (κ3) is 4.19. The van der Waals surface area contributed by atoms with Crippen LogP contribution in [0.5, 0.6) is 0 Å². The van der Waals surface area contributed by atoms with E-state index in [0.29, 0.717) is 5.54 Å². The van der Waals surface area contributed by atoms with Crippen LogP contribution < -0.4 is 5.32 Å². The second kappa shape index (κ2) is 7.08. The van der Waals surface area contributed by atoms with Crippen molar-refractivity contribution in [3.63, 3.8) is 0 Å². The highest BCUT2D eigenvalue weighted by Gasteiger charge is 2.35. The molecule has 2 unspecified atom stereocenters. The highest BCUT2D eigenvalue weighted by Crippen LogP contribution is 2.32. The summed E-state index contributed by atoms with van der Waals surface area (Å²) in [7, 11) is 0. The second-order valence-corrected chi connectivity index (χ2v) is 7.32. The molecule has 1 heterocycles. The van der Waals surface area contributed by atoms with E-state index in [2.05, 4.69) is 31.0 Å². The molecule has 0 aromatic carbocycles. The summed E-state index contributed by atoms with van der Waals surface area (Å²) in [6, 6.07) is 0.777. The first-order chi connectivity index (χ1) is 9.13. The lowest BCUT2D eigenvalue weighted by atomic mass is 9.92. The molecule has 0 radical (unpaired) electrons. The van der Waals surface area contributed by atoms with Crippen LogP contribution in [0.1, 0.15) is 72.1 Å². The Bertz CT molecular complexity index is 262. The minimum Gasteiger partial charge on any atom is -0.314 e. The number of hydrogen-bond acceptors (Lipinski definition) is 2. The maximum atomic E-state index is 3.84. The molecule has 0 spiro atoms. The molecule has 19 heavy (non-hydrogen) atoms. The van der Waals surface area contributed by atoms with Crippen molar-refractivity contribution in [2.24, 2.45) is 5.92 Å². The minimum absolute atomic E-state index is 0.446. The Hall–Kier alpha value is -0.0800.